The molecule has 2 aromatic rings. The van der Waals surface area contributed by atoms with E-state index in [4.69, 9.17) is 0 Å². The number of carbonyl (C=O) groups excluding carboxylic acids is 1. The monoisotopic (exact) mass is 262 g/mol. The Balaban J connectivity index is 2.21. The zero-order valence-electron chi connectivity index (χ0n) is 9.40. The van der Waals surface area contributed by atoms with Gasteiger partial charge in [0.25, 0.3) is 0 Å². The first-order chi connectivity index (χ1) is 8.15. The van der Waals surface area contributed by atoms with Crippen LogP contribution in [-0.2, 0) is 4.79 Å². The van der Waals surface area contributed by atoms with E-state index in [2.05, 4.69) is 22.1 Å². The van der Waals surface area contributed by atoms with E-state index in [-0.39, 0.29) is 5.91 Å². The first kappa shape index (κ1) is 11.8. The number of amides is 1. The fourth-order valence-electron chi connectivity index (χ4n) is 1.18. The Hall–Kier alpha value is -1.64. The summed E-state index contributed by atoms with van der Waals surface area (Å²) in [6, 6.07) is 1.97. The van der Waals surface area contributed by atoms with E-state index in [1.54, 1.807) is 11.3 Å². The fourth-order valence-corrected chi connectivity index (χ4v) is 2.63. The summed E-state index contributed by atoms with van der Waals surface area (Å²) in [5.41, 5.74) is 1.85. The highest BCUT2D eigenvalue weighted by Gasteiger charge is 2.06. The summed E-state index contributed by atoms with van der Waals surface area (Å²) >= 11 is 3.02. The van der Waals surface area contributed by atoms with Gasteiger partial charge in [-0.3, -0.25) is 4.79 Å². The summed E-state index contributed by atoms with van der Waals surface area (Å²) in [7, 11) is 0. The topological polar surface area (TPSA) is 42.0 Å². The minimum Gasteiger partial charge on any atom is -0.302 e. The molecule has 1 N–H and O–H groups in total. The lowest BCUT2D eigenvalue weighted by Gasteiger charge is -1.91. The molecule has 0 aliphatic heterocycles. The van der Waals surface area contributed by atoms with E-state index in [9.17, 15) is 4.79 Å². The third-order valence-electron chi connectivity index (χ3n) is 1.92. The van der Waals surface area contributed by atoms with Gasteiger partial charge in [-0.25, -0.2) is 4.98 Å². The molecule has 0 atom stereocenters. The Kier molecular flexibility index (Phi) is 3.57. The van der Waals surface area contributed by atoms with Crippen molar-refractivity contribution in [2.24, 2.45) is 0 Å². The van der Waals surface area contributed by atoms with E-state index < -0.39 is 0 Å². The zero-order valence-corrected chi connectivity index (χ0v) is 11.0. The van der Waals surface area contributed by atoms with E-state index in [0.29, 0.717) is 5.13 Å². The molecule has 3 nitrogen and oxygen atoms in total. The standard InChI is InChI=1S/C12H10N2OS2/c1-8-11(4-3-10-5-6-16-7-10)17-12(13-8)14-9(2)15/h5-7H,1-2H3,(H,13,14,15). The van der Waals surface area contributed by atoms with Crippen molar-refractivity contribution in [1.29, 1.82) is 0 Å². The molecule has 0 aliphatic rings. The molecule has 0 bridgehead atoms. The van der Waals surface area contributed by atoms with Crippen LogP contribution >= 0.6 is 22.7 Å². The quantitative estimate of drug-likeness (QED) is 0.803. The first-order valence-electron chi connectivity index (χ1n) is 4.94. The molecule has 0 aromatic carbocycles. The Labute approximate surface area is 108 Å². The molecule has 0 saturated carbocycles. The van der Waals surface area contributed by atoms with Crippen LogP contribution in [0.3, 0.4) is 0 Å². The summed E-state index contributed by atoms with van der Waals surface area (Å²) < 4.78 is 0. The van der Waals surface area contributed by atoms with Crippen molar-refractivity contribution in [2.75, 3.05) is 5.32 Å². The molecule has 0 unspecified atom stereocenters. The normalized spacial score (nSPS) is 9.53. The number of hydrogen-bond acceptors (Lipinski definition) is 4. The molecule has 0 radical (unpaired) electrons. The van der Waals surface area contributed by atoms with Crippen molar-refractivity contribution in [3.05, 3.63) is 33.0 Å². The summed E-state index contributed by atoms with van der Waals surface area (Å²) in [6.07, 6.45) is 0. The van der Waals surface area contributed by atoms with Crippen molar-refractivity contribution in [2.45, 2.75) is 13.8 Å². The van der Waals surface area contributed by atoms with Gasteiger partial charge in [0.2, 0.25) is 5.91 Å². The molecule has 0 spiro atoms. The molecular formula is C12H10N2OS2. The van der Waals surface area contributed by atoms with Gasteiger partial charge in [0.1, 0.15) is 4.88 Å². The van der Waals surface area contributed by atoms with Crippen LogP contribution in [0.2, 0.25) is 0 Å². The number of rotatable bonds is 1. The highest BCUT2D eigenvalue weighted by Crippen LogP contribution is 2.21. The number of nitrogens with one attached hydrogen (secondary N) is 1. The van der Waals surface area contributed by atoms with Crippen LogP contribution in [0.4, 0.5) is 5.13 Å². The number of anilines is 1. The SMILES string of the molecule is CC(=O)Nc1nc(C)c(C#Cc2ccsc2)s1. The molecular weight excluding hydrogens is 252 g/mol. The lowest BCUT2D eigenvalue weighted by atomic mass is 10.3. The second-order valence-electron chi connectivity index (χ2n) is 3.38. The summed E-state index contributed by atoms with van der Waals surface area (Å²) in [6.45, 7) is 3.35. The molecule has 0 saturated heterocycles. The van der Waals surface area contributed by atoms with Gasteiger partial charge in [0.05, 0.1) is 5.69 Å². The number of thiophene rings is 1. The van der Waals surface area contributed by atoms with E-state index in [1.165, 1.54) is 18.3 Å². The first-order valence-corrected chi connectivity index (χ1v) is 6.70. The van der Waals surface area contributed by atoms with Gasteiger partial charge in [0.15, 0.2) is 5.13 Å². The third kappa shape index (κ3) is 3.16. The molecule has 0 fully saturated rings. The van der Waals surface area contributed by atoms with Crippen LogP contribution in [0.25, 0.3) is 0 Å². The number of aromatic nitrogens is 1. The van der Waals surface area contributed by atoms with Gasteiger partial charge in [-0.1, -0.05) is 17.3 Å². The number of nitrogens with zero attached hydrogens (tertiary/aromatic N) is 1. The van der Waals surface area contributed by atoms with Gasteiger partial charge in [-0.2, -0.15) is 11.3 Å². The number of carbonyl (C=O) groups is 1. The number of aryl methyl sites for hydroxylation is 1. The predicted octanol–water partition coefficient (Wildman–Crippen LogP) is 2.87. The molecule has 17 heavy (non-hydrogen) atoms. The molecule has 1 amide bonds. The predicted molar refractivity (Wildman–Crippen MR) is 71.5 cm³/mol. The molecule has 86 valence electrons. The van der Waals surface area contributed by atoms with E-state index >= 15 is 0 Å². The van der Waals surface area contributed by atoms with Crippen molar-refractivity contribution >= 4 is 33.7 Å². The maximum absolute atomic E-state index is 10.9. The van der Waals surface area contributed by atoms with E-state index in [1.807, 2.05) is 23.8 Å². The molecule has 2 heterocycles. The van der Waals surface area contributed by atoms with Crippen LogP contribution in [0.1, 0.15) is 23.1 Å². The van der Waals surface area contributed by atoms with Crippen LogP contribution in [0, 0.1) is 18.8 Å². The van der Waals surface area contributed by atoms with Crippen LogP contribution in [0.15, 0.2) is 16.8 Å². The lowest BCUT2D eigenvalue weighted by Crippen LogP contribution is -2.04. The Morgan fingerprint density at radius 2 is 2.29 bits per heavy atom. The largest absolute Gasteiger partial charge is 0.302 e. The Morgan fingerprint density at radius 1 is 1.47 bits per heavy atom. The summed E-state index contributed by atoms with van der Waals surface area (Å²) in [4.78, 5) is 16.0. The Bertz CT molecular complexity index is 588. The van der Waals surface area contributed by atoms with E-state index in [0.717, 1.165) is 16.1 Å². The second kappa shape index (κ2) is 5.13. The average Bonchev–Trinajstić information content (AvgIpc) is 2.84. The molecule has 0 aliphatic carbocycles. The van der Waals surface area contributed by atoms with Crippen molar-refractivity contribution < 1.29 is 4.79 Å². The van der Waals surface area contributed by atoms with Gasteiger partial charge in [-0.15, -0.1) is 0 Å². The van der Waals surface area contributed by atoms with Crippen LogP contribution in [0.5, 0.6) is 0 Å². The Morgan fingerprint density at radius 3 is 2.94 bits per heavy atom. The van der Waals surface area contributed by atoms with Crippen molar-refractivity contribution in [1.82, 2.24) is 4.98 Å². The third-order valence-corrected chi connectivity index (χ3v) is 3.59. The van der Waals surface area contributed by atoms with Gasteiger partial charge >= 0.3 is 0 Å². The maximum atomic E-state index is 10.9. The van der Waals surface area contributed by atoms with Crippen LogP contribution in [-0.4, -0.2) is 10.9 Å². The van der Waals surface area contributed by atoms with Gasteiger partial charge < -0.3 is 5.32 Å². The second-order valence-corrected chi connectivity index (χ2v) is 5.16. The van der Waals surface area contributed by atoms with Crippen molar-refractivity contribution in [3.8, 4) is 11.8 Å². The summed E-state index contributed by atoms with van der Waals surface area (Å²) in [5.74, 6) is 6.02. The minimum atomic E-state index is -0.115. The number of thiazole rings is 1. The minimum absolute atomic E-state index is 0.115. The lowest BCUT2D eigenvalue weighted by molar-refractivity contribution is -0.114. The highest BCUT2D eigenvalue weighted by atomic mass is 32.1. The smallest absolute Gasteiger partial charge is 0.223 e. The maximum Gasteiger partial charge on any atom is 0.223 e. The molecule has 2 aromatic heterocycles. The fraction of sp³-hybridized carbons (Fsp3) is 0.167. The average molecular weight is 262 g/mol. The zero-order chi connectivity index (χ0) is 12.3. The van der Waals surface area contributed by atoms with Gasteiger partial charge in [0, 0.05) is 17.9 Å². The summed E-state index contributed by atoms with van der Waals surface area (Å²) in [5, 5.41) is 7.25. The highest BCUT2D eigenvalue weighted by molar-refractivity contribution is 7.16. The number of hydrogen-bond donors (Lipinski definition) is 1. The molecule has 5 heteroatoms. The van der Waals surface area contributed by atoms with Crippen LogP contribution < -0.4 is 5.32 Å². The van der Waals surface area contributed by atoms with Crippen molar-refractivity contribution in [3.63, 3.8) is 0 Å². The van der Waals surface area contributed by atoms with Gasteiger partial charge in [-0.05, 0) is 24.3 Å². The molecule has 2 rings (SSSR count).